The van der Waals surface area contributed by atoms with Gasteiger partial charge in [0.05, 0.1) is 0 Å². The van der Waals surface area contributed by atoms with Gasteiger partial charge in [0.2, 0.25) is 0 Å². The van der Waals surface area contributed by atoms with Crippen LogP contribution in [0, 0.1) is 16.7 Å². The maximum atomic E-state index is 11.2. The van der Waals surface area contributed by atoms with Gasteiger partial charge in [0.1, 0.15) is 6.10 Å². The van der Waals surface area contributed by atoms with Crippen LogP contribution in [0.3, 0.4) is 0 Å². The summed E-state index contributed by atoms with van der Waals surface area (Å²) in [7, 11) is 0. The summed E-state index contributed by atoms with van der Waals surface area (Å²) >= 11 is 0. The average Bonchev–Trinajstić information content (AvgIpc) is 2.57. The van der Waals surface area contributed by atoms with Crippen LogP contribution in [0.2, 0.25) is 0 Å². The third-order valence-electron chi connectivity index (χ3n) is 5.62. The van der Waals surface area contributed by atoms with Crippen LogP contribution in [0.1, 0.15) is 76.3 Å². The van der Waals surface area contributed by atoms with Crippen molar-refractivity contribution in [3.8, 4) is 0 Å². The highest BCUT2D eigenvalue weighted by Gasteiger charge is 2.37. The number of rotatable bonds is 4. The Morgan fingerprint density at radius 2 is 1.37 bits per heavy atom. The fourth-order valence-corrected chi connectivity index (χ4v) is 4.15. The molecule has 2 nitrogen and oxygen atoms in total. The van der Waals surface area contributed by atoms with E-state index in [4.69, 9.17) is 4.74 Å². The smallest absolute Gasteiger partial charge is 0.159 e. The van der Waals surface area contributed by atoms with Gasteiger partial charge in [-0.2, -0.15) is 0 Å². The lowest BCUT2D eigenvalue weighted by molar-refractivity contribution is -0.184. The fraction of sp³-hybridized carbons (Fsp3) is 0.520. The first-order chi connectivity index (χ1) is 12.6. The second kappa shape index (κ2) is 7.41. The Labute approximate surface area is 164 Å². The van der Waals surface area contributed by atoms with Gasteiger partial charge in [0, 0.05) is 5.92 Å². The minimum atomic E-state index is -0.812. The molecule has 0 radical (unpaired) electrons. The number of aliphatic hydroxyl groups excluding tert-OH is 1. The van der Waals surface area contributed by atoms with Crippen molar-refractivity contribution in [2.75, 3.05) is 0 Å². The molecular weight excluding hydrogens is 332 g/mol. The normalized spacial score (nSPS) is 17.1. The van der Waals surface area contributed by atoms with Crippen molar-refractivity contribution in [3.63, 3.8) is 0 Å². The number of hydrogen-bond donors (Lipinski definition) is 1. The van der Waals surface area contributed by atoms with E-state index in [0.717, 1.165) is 12.8 Å². The first-order valence-corrected chi connectivity index (χ1v) is 10.1. The highest BCUT2D eigenvalue weighted by molar-refractivity contribution is 5.47. The first kappa shape index (κ1) is 20.1. The van der Waals surface area contributed by atoms with Gasteiger partial charge in [-0.05, 0) is 45.9 Å². The van der Waals surface area contributed by atoms with Crippen molar-refractivity contribution in [1.29, 1.82) is 0 Å². The quantitative estimate of drug-likeness (QED) is 0.661. The van der Waals surface area contributed by atoms with Crippen LogP contribution < -0.4 is 0 Å². The molecule has 2 heteroatoms. The number of hydrogen-bond acceptors (Lipinski definition) is 2. The van der Waals surface area contributed by atoms with E-state index in [1.165, 1.54) is 22.3 Å². The summed E-state index contributed by atoms with van der Waals surface area (Å²) in [5.74, 6) is 0.0544. The number of aliphatic hydroxyl groups is 1. The van der Waals surface area contributed by atoms with Crippen molar-refractivity contribution < 1.29 is 9.84 Å². The molecule has 2 aromatic carbocycles. The predicted molar refractivity (Wildman–Crippen MR) is 112 cm³/mol. The maximum Gasteiger partial charge on any atom is 0.159 e. The van der Waals surface area contributed by atoms with Crippen LogP contribution in [-0.4, -0.2) is 11.4 Å². The molecular formula is C25H34O2. The Morgan fingerprint density at radius 1 is 0.889 bits per heavy atom. The molecule has 3 rings (SSSR count). The Hall–Kier alpha value is -1.64. The molecule has 0 heterocycles. The van der Waals surface area contributed by atoms with Crippen LogP contribution in [-0.2, 0) is 11.2 Å². The van der Waals surface area contributed by atoms with Gasteiger partial charge in [-0.15, -0.1) is 0 Å². The molecule has 0 spiro atoms. The molecule has 0 saturated heterocycles. The number of benzene rings is 2. The molecule has 146 valence electrons. The van der Waals surface area contributed by atoms with Crippen molar-refractivity contribution in [1.82, 2.24) is 0 Å². The predicted octanol–water partition coefficient (Wildman–Crippen LogP) is 6.11. The zero-order chi connectivity index (χ0) is 19.8. The second-order valence-corrected chi connectivity index (χ2v) is 10.2. The molecule has 0 fully saturated rings. The summed E-state index contributed by atoms with van der Waals surface area (Å²) in [5.41, 5.74) is 5.02. The van der Waals surface area contributed by atoms with E-state index in [9.17, 15) is 5.11 Å². The highest BCUT2D eigenvalue weighted by Crippen LogP contribution is 2.43. The van der Waals surface area contributed by atoms with Crippen LogP contribution in [0.25, 0.3) is 0 Å². The van der Waals surface area contributed by atoms with Crippen LogP contribution in [0.4, 0.5) is 0 Å². The summed E-state index contributed by atoms with van der Waals surface area (Å²) in [6.07, 6.45) is 0.806. The average molecular weight is 367 g/mol. The van der Waals surface area contributed by atoms with Crippen LogP contribution in [0.15, 0.2) is 48.5 Å². The minimum Gasteiger partial charge on any atom is -0.368 e. The molecule has 2 aromatic rings. The summed E-state index contributed by atoms with van der Waals surface area (Å²) < 4.78 is 6.43. The Morgan fingerprint density at radius 3 is 1.81 bits per heavy atom. The molecule has 1 aliphatic rings. The SMILES string of the molecule is CC(C)(C)CC(C(O)OC1c2ccccc2Cc2ccccc21)C(C)(C)C. The van der Waals surface area contributed by atoms with Crippen molar-refractivity contribution in [3.05, 3.63) is 70.8 Å². The van der Waals surface area contributed by atoms with Gasteiger partial charge in [-0.3, -0.25) is 0 Å². The third-order valence-corrected chi connectivity index (χ3v) is 5.62. The third kappa shape index (κ3) is 4.62. The summed E-state index contributed by atoms with van der Waals surface area (Å²) in [6, 6.07) is 16.9. The lowest BCUT2D eigenvalue weighted by Gasteiger charge is -2.40. The Kier molecular flexibility index (Phi) is 5.52. The molecule has 1 N–H and O–H groups in total. The zero-order valence-electron chi connectivity index (χ0n) is 17.6. The molecule has 0 aromatic heterocycles. The van der Waals surface area contributed by atoms with E-state index < -0.39 is 6.29 Å². The lowest BCUT2D eigenvalue weighted by Crippen LogP contribution is -2.38. The molecule has 27 heavy (non-hydrogen) atoms. The molecule has 0 amide bonds. The van der Waals surface area contributed by atoms with Gasteiger partial charge >= 0.3 is 0 Å². The maximum absolute atomic E-state index is 11.2. The molecule has 1 aliphatic carbocycles. The van der Waals surface area contributed by atoms with Crippen LogP contribution in [0.5, 0.6) is 0 Å². The van der Waals surface area contributed by atoms with E-state index in [-0.39, 0.29) is 22.9 Å². The van der Waals surface area contributed by atoms with Gasteiger partial charge in [0.15, 0.2) is 6.29 Å². The van der Waals surface area contributed by atoms with E-state index >= 15 is 0 Å². The largest absolute Gasteiger partial charge is 0.368 e. The zero-order valence-corrected chi connectivity index (χ0v) is 17.6. The Balaban J connectivity index is 1.94. The topological polar surface area (TPSA) is 29.5 Å². The fourth-order valence-electron chi connectivity index (χ4n) is 4.15. The lowest BCUT2D eigenvalue weighted by atomic mass is 9.71. The van der Waals surface area contributed by atoms with Crippen molar-refractivity contribution >= 4 is 0 Å². The first-order valence-electron chi connectivity index (χ1n) is 10.1. The van der Waals surface area contributed by atoms with Gasteiger partial charge in [-0.25, -0.2) is 0 Å². The minimum absolute atomic E-state index is 0.0413. The molecule has 0 saturated carbocycles. The van der Waals surface area contributed by atoms with E-state index in [1.807, 2.05) is 0 Å². The molecule has 2 atom stereocenters. The van der Waals surface area contributed by atoms with Gasteiger partial charge in [-0.1, -0.05) is 90.1 Å². The Bertz CT molecular complexity index is 734. The van der Waals surface area contributed by atoms with E-state index in [0.29, 0.717) is 0 Å². The number of fused-ring (bicyclic) bond motifs is 2. The summed E-state index contributed by atoms with van der Waals surface area (Å²) in [5, 5.41) is 11.2. The second-order valence-electron chi connectivity index (χ2n) is 10.2. The van der Waals surface area contributed by atoms with Gasteiger partial charge < -0.3 is 9.84 Å². The molecule has 0 bridgehead atoms. The monoisotopic (exact) mass is 366 g/mol. The summed E-state index contributed by atoms with van der Waals surface area (Å²) in [4.78, 5) is 0. The standard InChI is InChI=1S/C25H34O2/c1-24(2,3)16-21(25(4,5)6)23(26)27-22-19-13-9-7-11-17(19)15-18-12-8-10-14-20(18)22/h7-14,21-23,26H,15-16H2,1-6H3. The number of ether oxygens (including phenoxy) is 1. The van der Waals surface area contributed by atoms with Crippen LogP contribution >= 0.6 is 0 Å². The highest BCUT2D eigenvalue weighted by atomic mass is 16.6. The van der Waals surface area contributed by atoms with Crippen molar-refractivity contribution in [2.45, 2.75) is 66.8 Å². The van der Waals surface area contributed by atoms with E-state index in [2.05, 4.69) is 90.1 Å². The molecule has 0 aliphatic heterocycles. The van der Waals surface area contributed by atoms with E-state index in [1.54, 1.807) is 0 Å². The molecule has 2 unspecified atom stereocenters. The summed E-state index contributed by atoms with van der Waals surface area (Å²) in [6.45, 7) is 13.3. The van der Waals surface area contributed by atoms with Crippen molar-refractivity contribution in [2.24, 2.45) is 16.7 Å². The van der Waals surface area contributed by atoms with Gasteiger partial charge in [0.25, 0.3) is 0 Å².